The third-order valence-electron chi connectivity index (χ3n) is 2.51. The van der Waals surface area contributed by atoms with Crippen molar-refractivity contribution in [1.29, 1.82) is 0 Å². The third-order valence-corrected chi connectivity index (χ3v) is 2.51. The van der Waals surface area contributed by atoms with Crippen molar-refractivity contribution in [3.8, 4) is 0 Å². The summed E-state index contributed by atoms with van der Waals surface area (Å²) in [7, 11) is 0. The molecule has 0 radical (unpaired) electrons. The average molecular weight is 205 g/mol. The van der Waals surface area contributed by atoms with Crippen molar-refractivity contribution in [3.63, 3.8) is 0 Å². The second-order valence-corrected chi connectivity index (χ2v) is 3.65. The zero-order valence-corrected chi connectivity index (χ0v) is 8.90. The standard InChI is InChI=1S/C12H15NO2/c1-2-9-15-13-8-7-10-5-3-4-6-11(10)12(13)14/h3-6H,2,7-9H2,1H3. The van der Waals surface area contributed by atoms with E-state index in [0.717, 1.165) is 24.0 Å². The smallest absolute Gasteiger partial charge is 0.271 e. The number of rotatable bonds is 3. The second-order valence-electron chi connectivity index (χ2n) is 3.65. The molecule has 1 heterocycles. The molecule has 1 aliphatic rings. The normalized spacial score (nSPS) is 15.3. The Balaban J connectivity index is 2.15. The Morgan fingerprint density at radius 2 is 2.20 bits per heavy atom. The van der Waals surface area contributed by atoms with Crippen LogP contribution >= 0.6 is 0 Å². The molecule has 0 aliphatic carbocycles. The van der Waals surface area contributed by atoms with Gasteiger partial charge in [-0.3, -0.25) is 9.63 Å². The number of nitrogens with zero attached hydrogens (tertiary/aromatic N) is 1. The summed E-state index contributed by atoms with van der Waals surface area (Å²) in [6, 6.07) is 7.72. The van der Waals surface area contributed by atoms with E-state index in [9.17, 15) is 4.79 Å². The largest absolute Gasteiger partial charge is 0.277 e. The first kappa shape index (κ1) is 10.2. The molecule has 0 N–H and O–H groups in total. The highest BCUT2D eigenvalue weighted by Crippen LogP contribution is 2.18. The van der Waals surface area contributed by atoms with Crippen molar-refractivity contribution < 1.29 is 9.63 Å². The lowest BCUT2D eigenvalue weighted by molar-refractivity contribution is -0.124. The van der Waals surface area contributed by atoms with Crippen LogP contribution in [0.5, 0.6) is 0 Å². The van der Waals surface area contributed by atoms with Crippen LogP contribution in [0.25, 0.3) is 0 Å². The van der Waals surface area contributed by atoms with E-state index < -0.39 is 0 Å². The second kappa shape index (κ2) is 4.45. The summed E-state index contributed by atoms with van der Waals surface area (Å²) in [5, 5.41) is 1.48. The van der Waals surface area contributed by atoms with Crippen LogP contribution in [0.15, 0.2) is 24.3 Å². The highest BCUT2D eigenvalue weighted by atomic mass is 16.7. The lowest BCUT2D eigenvalue weighted by atomic mass is 10.0. The van der Waals surface area contributed by atoms with Crippen LogP contribution in [0.2, 0.25) is 0 Å². The maximum absolute atomic E-state index is 11.9. The summed E-state index contributed by atoms with van der Waals surface area (Å²) in [6.07, 6.45) is 1.80. The van der Waals surface area contributed by atoms with E-state index in [-0.39, 0.29) is 5.91 Å². The molecule has 1 aliphatic heterocycles. The molecule has 0 spiro atoms. The van der Waals surface area contributed by atoms with E-state index in [2.05, 4.69) is 0 Å². The Morgan fingerprint density at radius 3 is 3.00 bits per heavy atom. The van der Waals surface area contributed by atoms with Crippen molar-refractivity contribution >= 4 is 5.91 Å². The highest BCUT2D eigenvalue weighted by molar-refractivity contribution is 5.96. The van der Waals surface area contributed by atoms with E-state index in [1.807, 2.05) is 31.2 Å². The van der Waals surface area contributed by atoms with Gasteiger partial charge in [-0.2, -0.15) is 0 Å². The molecule has 80 valence electrons. The van der Waals surface area contributed by atoms with Gasteiger partial charge in [-0.05, 0) is 24.5 Å². The summed E-state index contributed by atoms with van der Waals surface area (Å²) in [5.74, 6) is -0.00898. The number of carbonyl (C=O) groups is 1. The molecule has 0 saturated carbocycles. The van der Waals surface area contributed by atoms with E-state index in [0.29, 0.717) is 13.2 Å². The Bertz CT molecular complexity index is 362. The Kier molecular flexibility index (Phi) is 3.02. The fourth-order valence-electron chi connectivity index (χ4n) is 1.73. The summed E-state index contributed by atoms with van der Waals surface area (Å²) < 4.78 is 0. The van der Waals surface area contributed by atoms with Crippen molar-refractivity contribution in [2.24, 2.45) is 0 Å². The molecule has 3 heteroatoms. The Hall–Kier alpha value is -1.35. The van der Waals surface area contributed by atoms with Gasteiger partial charge in [-0.25, -0.2) is 5.06 Å². The van der Waals surface area contributed by atoms with Gasteiger partial charge in [0.25, 0.3) is 5.91 Å². The Labute approximate surface area is 89.6 Å². The molecule has 0 fully saturated rings. The molecule has 0 aromatic heterocycles. The van der Waals surface area contributed by atoms with Gasteiger partial charge in [-0.1, -0.05) is 25.1 Å². The molecular formula is C12H15NO2. The van der Waals surface area contributed by atoms with Gasteiger partial charge in [0.05, 0.1) is 13.2 Å². The summed E-state index contributed by atoms with van der Waals surface area (Å²) >= 11 is 0. The van der Waals surface area contributed by atoms with Crippen molar-refractivity contribution in [3.05, 3.63) is 35.4 Å². The molecule has 0 saturated heterocycles. The van der Waals surface area contributed by atoms with Crippen molar-refractivity contribution in [2.75, 3.05) is 13.2 Å². The SMILES string of the molecule is CCCON1CCc2ccccc2C1=O. The molecular weight excluding hydrogens is 190 g/mol. The van der Waals surface area contributed by atoms with Crippen LogP contribution in [0.4, 0.5) is 0 Å². The van der Waals surface area contributed by atoms with Gasteiger partial charge in [-0.15, -0.1) is 0 Å². The van der Waals surface area contributed by atoms with Gasteiger partial charge in [0.15, 0.2) is 0 Å². The maximum atomic E-state index is 11.9. The molecule has 0 unspecified atom stereocenters. The van der Waals surface area contributed by atoms with E-state index >= 15 is 0 Å². The third kappa shape index (κ3) is 2.02. The number of fused-ring (bicyclic) bond motifs is 1. The first-order chi connectivity index (χ1) is 7.33. The summed E-state index contributed by atoms with van der Waals surface area (Å²) in [4.78, 5) is 17.3. The molecule has 0 bridgehead atoms. The first-order valence-corrected chi connectivity index (χ1v) is 5.35. The van der Waals surface area contributed by atoms with Gasteiger partial charge in [0, 0.05) is 5.56 Å². The zero-order valence-electron chi connectivity index (χ0n) is 8.90. The minimum atomic E-state index is -0.00898. The van der Waals surface area contributed by atoms with Crippen LogP contribution in [0, 0.1) is 0 Å². The summed E-state index contributed by atoms with van der Waals surface area (Å²) in [5.41, 5.74) is 1.90. The van der Waals surface area contributed by atoms with Gasteiger partial charge >= 0.3 is 0 Å². The van der Waals surface area contributed by atoms with Crippen LogP contribution in [0.1, 0.15) is 29.3 Å². The minimum absolute atomic E-state index is 0.00898. The number of benzene rings is 1. The molecule has 15 heavy (non-hydrogen) atoms. The number of carbonyl (C=O) groups excluding carboxylic acids is 1. The molecule has 0 atom stereocenters. The monoisotopic (exact) mass is 205 g/mol. The van der Waals surface area contributed by atoms with Crippen LogP contribution in [-0.4, -0.2) is 24.1 Å². The number of amides is 1. The van der Waals surface area contributed by atoms with Gasteiger partial charge in [0.2, 0.25) is 0 Å². The fraction of sp³-hybridized carbons (Fsp3) is 0.417. The Morgan fingerprint density at radius 1 is 1.40 bits per heavy atom. The maximum Gasteiger partial charge on any atom is 0.277 e. The average Bonchev–Trinajstić information content (AvgIpc) is 2.29. The predicted molar refractivity (Wildman–Crippen MR) is 57.4 cm³/mol. The quantitative estimate of drug-likeness (QED) is 0.755. The van der Waals surface area contributed by atoms with Gasteiger partial charge in [0.1, 0.15) is 0 Å². The predicted octanol–water partition coefficient (Wildman–Crippen LogP) is 2.03. The van der Waals surface area contributed by atoms with E-state index in [1.54, 1.807) is 0 Å². The first-order valence-electron chi connectivity index (χ1n) is 5.35. The lowest BCUT2D eigenvalue weighted by Gasteiger charge is -2.27. The topological polar surface area (TPSA) is 29.5 Å². The number of hydroxylamine groups is 2. The highest BCUT2D eigenvalue weighted by Gasteiger charge is 2.24. The van der Waals surface area contributed by atoms with E-state index in [1.165, 1.54) is 5.06 Å². The van der Waals surface area contributed by atoms with E-state index in [4.69, 9.17) is 4.84 Å². The molecule has 2 rings (SSSR count). The fourth-order valence-corrected chi connectivity index (χ4v) is 1.73. The molecule has 1 amide bonds. The molecule has 1 aromatic carbocycles. The van der Waals surface area contributed by atoms with Crippen molar-refractivity contribution in [1.82, 2.24) is 5.06 Å². The van der Waals surface area contributed by atoms with Crippen LogP contribution < -0.4 is 0 Å². The molecule has 3 nitrogen and oxygen atoms in total. The number of hydrogen-bond donors (Lipinski definition) is 0. The molecule has 1 aromatic rings. The summed E-state index contributed by atoms with van der Waals surface area (Å²) in [6.45, 7) is 3.30. The minimum Gasteiger partial charge on any atom is -0.271 e. The van der Waals surface area contributed by atoms with Crippen LogP contribution in [0.3, 0.4) is 0 Å². The van der Waals surface area contributed by atoms with Crippen LogP contribution in [-0.2, 0) is 11.3 Å². The van der Waals surface area contributed by atoms with Gasteiger partial charge < -0.3 is 0 Å². The van der Waals surface area contributed by atoms with Crippen molar-refractivity contribution in [2.45, 2.75) is 19.8 Å². The number of hydrogen-bond acceptors (Lipinski definition) is 2. The zero-order chi connectivity index (χ0) is 10.7. The lowest BCUT2D eigenvalue weighted by Crippen LogP contribution is -2.37.